The fourth-order valence-corrected chi connectivity index (χ4v) is 4.13. The molecule has 1 aliphatic carbocycles. The maximum absolute atomic E-state index is 12.8. The monoisotopic (exact) mass is 324 g/mol. The Morgan fingerprint density at radius 1 is 0.957 bits per heavy atom. The summed E-state index contributed by atoms with van der Waals surface area (Å²) in [6.07, 6.45) is 3.38. The third-order valence-electron chi connectivity index (χ3n) is 4.27. The van der Waals surface area contributed by atoms with Gasteiger partial charge in [-0.3, -0.25) is 0 Å². The van der Waals surface area contributed by atoms with Crippen LogP contribution in [0.15, 0.2) is 59.6 Å². The molecule has 0 fully saturated rings. The van der Waals surface area contributed by atoms with Crippen molar-refractivity contribution >= 4 is 10.0 Å². The number of hydrogen-bond acceptors (Lipinski definition) is 3. The lowest BCUT2D eigenvalue weighted by Gasteiger charge is -2.13. The molecular formula is C18H16N2O2S. The lowest BCUT2D eigenvalue weighted by atomic mass is 9.91. The van der Waals surface area contributed by atoms with Crippen LogP contribution in [-0.4, -0.2) is 17.6 Å². The van der Waals surface area contributed by atoms with E-state index in [9.17, 15) is 8.42 Å². The van der Waals surface area contributed by atoms with Crippen molar-refractivity contribution in [3.05, 3.63) is 71.4 Å². The lowest BCUT2D eigenvalue weighted by Crippen LogP contribution is -2.13. The Bertz CT molecular complexity index is 986. The number of aromatic nitrogens is 2. The maximum atomic E-state index is 12.8. The average Bonchev–Trinajstić information content (AvgIpc) is 3.01. The van der Waals surface area contributed by atoms with Crippen LogP contribution in [0.25, 0.3) is 11.3 Å². The summed E-state index contributed by atoms with van der Waals surface area (Å²) in [6.45, 7) is 1.93. The highest BCUT2D eigenvalue weighted by Gasteiger charge is 2.24. The van der Waals surface area contributed by atoms with Crippen LogP contribution >= 0.6 is 0 Å². The van der Waals surface area contributed by atoms with Crippen LogP contribution in [0.3, 0.4) is 0 Å². The average molecular weight is 324 g/mol. The van der Waals surface area contributed by atoms with Crippen LogP contribution in [0, 0.1) is 6.92 Å². The highest BCUT2D eigenvalue weighted by molar-refractivity contribution is 7.89. The predicted molar refractivity (Wildman–Crippen MR) is 88.8 cm³/mol. The first kappa shape index (κ1) is 14.2. The van der Waals surface area contributed by atoms with Crippen LogP contribution < -0.4 is 0 Å². The highest BCUT2D eigenvalue weighted by Crippen LogP contribution is 2.32. The normalized spacial score (nSPS) is 13.4. The Morgan fingerprint density at radius 2 is 1.65 bits per heavy atom. The minimum atomic E-state index is -3.65. The first-order chi connectivity index (χ1) is 11.1. The van der Waals surface area contributed by atoms with E-state index >= 15 is 0 Å². The molecule has 5 heteroatoms. The summed E-state index contributed by atoms with van der Waals surface area (Å²) >= 11 is 0. The third kappa shape index (κ3) is 2.28. The van der Waals surface area contributed by atoms with Crippen molar-refractivity contribution in [3.8, 4) is 11.3 Å². The largest absolute Gasteiger partial charge is 0.282 e. The van der Waals surface area contributed by atoms with E-state index in [0.29, 0.717) is 0 Å². The molecule has 1 aromatic heterocycles. The second kappa shape index (κ2) is 5.06. The van der Waals surface area contributed by atoms with E-state index in [1.807, 2.05) is 25.1 Å². The van der Waals surface area contributed by atoms with Gasteiger partial charge in [-0.15, -0.1) is 0 Å². The smallest absolute Gasteiger partial charge is 0.199 e. The van der Waals surface area contributed by atoms with E-state index in [4.69, 9.17) is 0 Å². The van der Waals surface area contributed by atoms with Crippen molar-refractivity contribution in [3.63, 3.8) is 0 Å². The van der Waals surface area contributed by atoms with Gasteiger partial charge in [0.25, 0.3) is 10.0 Å². The predicted octanol–water partition coefficient (Wildman–Crippen LogP) is 3.19. The first-order valence-electron chi connectivity index (χ1n) is 7.55. The Morgan fingerprint density at radius 3 is 2.43 bits per heavy atom. The zero-order valence-corrected chi connectivity index (χ0v) is 13.5. The highest BCUT2D eigenvalue weighted by atomic mass is 32.2. The van der Waals surface area contributed by atoms with Gasteiger partial charge in [0, 0.05) is 11.8 Å². The summed E-state index contributed by atoms with van der Waals surface area (Å²) in [5.74, 6) is 0. The van der Waals surface area contributed by atoms with Crippen LogP contribution in [0.1, 0.15) is 16.7 Å². The molecule has 0 radical (unpaired) electrons. The topological polar surface area (TPSA) is 52.0 Å². The van der Waals surface area contributed by atoms with E-state index in [1.165, 1.54) is 5.56 Å². The summed E-state index contributed by atoms with van der Waals surface area (Å²) < 4.78 is 26.7. The fourth-order valence-electron chi connectivity index (χ4n) is 2.98. The number of fused-ring (bicyclic) bond motifs is 3. The van der Waals surface area contributed by atoms with E-state index in [0.717, 1.165) is 39.3 Å². The third-order valence-corrected chi connectivity index (χ3v) is 5.82. The fraction of sp³-hybridized carbons (Fsp3) is 0.167. The molecule has 3 aromatic rings. The summed E-state index contributed by atoms with van der Waals surface area (Å²) in [5.41, 5.74) is 5.05. The molecule has 0 spiro atoms. The molecule has 1 aliphatic rings. The van der Waals surface area contributed by atoms with Crippen molar-refractivity contribution in [1.82, 2.24) is 9.19 Å². The molecule has 4 nitrogen and oxygen atoms in total. The molecule has 23 heavy (non-hydrogen) atoms. The summed E-state index contributed by atoms with van der Waals surface area (Å²) in [7, 11) is -3.65. The van der Waals surface area contributed by atoms with Gasteiger partial charge in [-0.25, -0.2) is 0 Å². The molecule has 0 amide bonds. The Hall–Kier alpha value is -2.40. The minimum Gasteiger partial charge on any atom is -0.199 e. The SMILES string of the molecule is Cc1ccc(S(=O)(=O)n2cc3c(n2)-c2ccccc2CC3)cc1. The molecule has 1 heterocycles. The van der Waals surface area contributed by atoms with Gasteiger partial charge in [0.05, 0.1) is 10.6 Å². The second-order valence-electron chi connectivity index (χ2n) is 5.85. The number of aryl methyl sites for hydroxylation is 3. The summed E-state index contributed by atoms with van der Waals surface area (Å²) in [4.78, 5) is 0.260. The molecule has 0 unspecified atom stereocenters. The van der Waals surface area contributed by atoms with Crippen molar-refractivity contribution in [2.45, 2.75) is 24.7 Å². The number of benzene rings is 2. The van der Waals surface area contributed by atoms with Crippen LogP contribution in [0.4, 0.5) is 0 Å². The molecule has 2 aromatic carbocycles. The van der Waals surface area contributed by atoms with Crippen molar-refractivity contribution in [2.24, 2.45) is 0 Å². The van der Waals surface area contributed by atoms with Crippen LogP contribution in [0.2, 0.25) is 0 Å². The van der Waals surface area contributed by atoms with Gasteiger partial charge in [-0.05, 0) is 43.0 Å². The standard InChI is InChI=1S/C18H16N2O2S/c1-13-6-10-16(11-7-13)23(21,22)20-12-15-9-8-14-4-2-3-5-17(14)18(15)19-20/h2-7,10-12H,8-9H2,1H3. The van der Waals surface area contributed by atoms with E-state index in [1.54, 1.807) is 30.5 Å². The molecule has 0 N–H and O–H groups in total. The zero-order valence-electron chi connectivity index (χ0n) is 12.7. The van der Waals surface area contributed by atoms with Crippen molar-refractivity contribution < 1.29 is 8.42 Å². The quantitative estimate of drug-likeness (QED) is 0.727. The van der Waals surface area contributed by atoms with Gasteiger partial charge in [0.1, 0.15) is 0 Å². The van der Waals surface area contributed by atoms with Gasteiger partial charge in [-0.2, -0.15) is 17.6 Å². The zero-order chi connectivity index (χ0) is 16.0. The van der Waals surface area contributed by atoms with Crippen molar-refractivity contribution in [2.75, 3.05) is 0 Å². The maximum Gasteiger partial charge on any atom is 0.282 e. The lowest BCUT2D eigenvalue weighted by molar-refractivity contribution is 0.580. The van der Waals surface area contributed by atoms with Crippen molar-refractivity contribution in [1.29, 1.82) is 0 Å². The summed E-state index contributed by atoms with van der Waals surface area (Å²) in [5, 5.41) is 4.39. The van der Waals surface area contributed by atoms with Gasteiger partial charge in [-0.1, -0.05) is 42.0 Å². The Labute approximate surface area is 135 Å². The molecular weight excluding hydrogens is 308 g/mol. The molecule has 0 bridgehead atoms. The van der Waals surface area contributed by atoms with Gasteiger partial charge in [0.2, 0.25) is 0 Å². The minimum absolute atomic E-state index is 0.260. The number of nitrogens with zero attached hydrogens (tertiary/aromatic N) is 2. The Balaban J connectivity index is 1.84. The van der Waals surface area contributed by atoms with Crippen LogP contribution in [-0.2, 0) is 22.9 Å². The molecule has 0 aliphatic heterocycles. The molecule has 0 saturated heterocycles. The van der Waals surface area contributed by atoms with Gasteiger partial charge >= 0.3 is 0 Å². The van der Waals surface area contributed by atoms with Gasteiger partial charge in [0.15, 0.2) is 0 Å². The van der Waals surface area contributed by atoms with E-state index in [2.05, 4.69) is 11.2 Å². The first-order valence-corrected chi connectivity index (χ1v) is 8.99. The Kier molecular flexibility index (Phi) is 3.13. The van der Waals surface area contributed by atoms with E-state index in [-0.39, 0.29) is 4.90 Å². The van der Waals surface area contributed by atoms with E-state index < -0.39 is 10.0 Å². The summed E-state index contributed by atoms with van der Waals surface area (Å²) in [6, 6.07) is 14.9. The molecule has 0 atom stereocenters. The molecule has 0 saturated carbocycles. The number of hydrogen-bond donors (Lipinski definition) is 0. The second-order valence-corrected chi connectivity index (χ2v) is 7.65. The molecule has 4 rings (SSSR count). The van der Waals surface area contributed by atoms with Crippen LogP contribution in [0.5, 0.6) is 0 Å². The molecule has 116 valence electrons. The van der Waals surface area contributed by atoms with Gasteiger partial charge < -0.3 is 0 Å². The number of rotatable bonds is 2.